The normalized spacial score (nSPS) is 23.2. The molecule has 3 fully saturated rings. The van der Waals surface area contributed by atoms with E-state index in [1.165, 1.54) is 16.7 Å². The van der Waals surface area contributed by atoms with Crippen molar-refractivity contribution in [3.8, 4) is 5.69 Å². The van der Waals surface area contributed by atoms with E-state index < -0.39 is 11.5 Å². The monoisotopic (exact) mass is 598 g/mol. The Labute approximate surface area is 258 Å². The van der Waals surface area contributed by atoms with Crippen LogP contribution in [0.5, 0.6) is 0 Å². The molecule has 0 unspecified atom stereocenters. The zero-order valence-electron chi connectivity index (χ0n) is 26.1. The van der Waals surface area contributed by atoms with Gasteiger partial charge in [-0.3, -0.25) is 9.59 Å². The number of hydrogen-bond donors (Lipinski definition) is 1. The topological polar surface area (TPSA) is 124 Å². The molecular formula is C34H42N6O4. The molecule has 1 saturated heterocycles. The van der Waals surface area contributed by atoms with Gasteiger partial charge in [0, 0.05) is 32.1 Å². The Morgan fingerprint density at radius 2 is 1.45 bits per heavy atom. The molecule has 0 bridgehead atoms. The lowest BCUT2D eigenvalue weighted by Gasteiger charge is -2.58. The molecule has 2 N–H and O–H groups in total. The summed E-state index contributed by atoms with van der Waals surface area (Å²) in [6.45, 7) is 9.63. The fourth-order valence-electron chi connectivity index (χ4n) is 7.05. The summed E-state index contributed by atoms with van der Waals surface area (Å²) in [5.74, 6) is 0.928. The van der Waals surface area contributed by atoms with E-state index in [4.69, 9.17) is 10.5 Å². The number of ether oxygens (including phenoxy) is 1. The van der Waals surface area contributed by atoms with Gasteiger partial charge in [0.25, 0.3) is 5.91 Å². The standard InChI is InChI=1S/C34H42N6O4/c1-22-36-30(29(35)41)37-40(22)28-11-7-24(8-12-28)17-23-5-9-25(10-6-23)26-18-34(19-26)20-27(21-34)31(42)38-13-15-39(16-14-38)32(43)44-33(2,3)4/h5-12,26-27H,13-21H2,1-4H3,(H2,35,41). The molecule has 10 nitrogen and oxygen atoms in total. The number of nitrogens with zero attached hydrogens (tertiary/aromatic N) is 5. The molecule has 2 heterocycles. The van der Waals surface area contributed by atoms with Gasteiger partial charge < -0.3 is 20.3 Å². The van der Waals surface area contributed by atoms with Crippen LogP contribution in [0.25, 0.3) is 5.69 Å². The summed E-state index contributed by atoms with van der Waals surface area (Å²) in [4.78, 5) is 44.7. The van der Waals surface area contributed by atoms with E-state index in [2.05, 4.69) is 46.5 Å². The van der Waals surface area contributed by atoms with Crippen molar-refractivity contribution in [1.29, 1.82) is 0 Å². The first-order valence-electron chi connectivity index (χ1n) is 15.6. The molecule has 0 atom stereocenters. The van der Waals surface area contributed by atoms with Crippen LogP contribution in [0, 0.1) is 18.3 Å². The minimum Gasteiger partial charge on any atom is -0.444 e. The Morgan fingerprint density at radius 1 is 0.886 bits per heavy atom. The Hall–Kier alpha value is -4.21. The molecule has 44 heavy (non-hydrogen) atoms. The number of carbonyl (C=O) groups excluding carboxylic acids is 3. The highest BCUT2D eigenvalue weighted by Gasteiger charge is 2.55. The number of amides is 3. The lowest BCUT2D eigenvalue weighted by Crippen LogP contribution is -2.56. The van der Waals surface area contributed by atoms with Gasteiger partial charge in [-0.1, -0.05) is 36.4 Å². The minimum absolute atomic E-state index is 0.0154. The van der Waals surface area contributed by atoms with E-state index in [0.717, 1.165) is 37.8 Å². The lowest BCUT2D eigenvalue weighted by atomic mass is 9.47. The summed E-state index contributed by atoms with van der Waals surface area (Å²) in [6.07, 6.45) is 4.82. The van der Waals surface area contributed by atoms with Crippen molar-refractivity contribution in [3.05, 3.63) is 76.9 Å². The quantitative estimate of drug-likeness (QED) is 0.442. The average Bonchev–Trinajstić information content (AvgIpc) is 3.34. The predicted octanol–water partition coefficient (Wildman–Crippen LogP) is 4.62. The van der Waals surface area contributed by atoms with Gasteiger partial charge in [0.2, 0.25) is 11.7 Å². The molecule has 2 aliphatic carbocycles. The second kappa shape index (κ2) is 11.4. The molecule has 3 amide bonds. The lowest BCUT2D eigenvalue weighted by molar-refractivity contribution is -0.150. The van der Waals surface area contributed by atoms with Gasteiger partial charge >= 0.3 is 6.09 Å². The molecule has 232 valence electrons. The van der Waals surface area contributed by atoms with Crippen LogP contribution in [-0.2, 0) is 16.0 Å². The molecule has 1 aromatic heterocycles. The highest BCUT2D eigenvalue weighted by molar-refractivity contribution is 5.88. The summed E-state index contributed by atoms with van der Waals surface area (Å²) >= 11 is 0. The Bertz CT molecular complexity index is 1530. The molecule has 1 spiro atoms. The first-order valence-corrected chi connectivity index (χ1v) is 15.6. The predicted molar refractivity (Wildman–Crippen MR) is 165 cm³/mol. The maximum absolute atomic E-state index is 13.2. The molecule has 3 aromatic rings. The van der Waals surface area contributed by atoms with Gasteiger partial charge in [0.1, 0.15) is 11.4 Å². The maximum Gasteiger partial charge on any atom is 0.410 e. The van der Waals surface area contributed by atoms with Crippen LogP contribution in [0.15, 0.2) is 48.5 Å². The third-order valence-electron chi connectivity index (χ3n) is 9.34. The second-order valence-corrected chi connectivity index (χ2v) is 13.8. The summed E-state index contributed by atoms with van der Waals surface area (Å²) in [7, 11) is 0. The number of hydrogen-bond acceptors (Lipinski definition) is 6. The molecule has 1 aliphatic heterocycles. The molecule has 10 heteroatoms. The zero-order valence-corrected chi connectivity index (χ0v) is 26.1. The Kier molecular flexibility index (Phi) is 7.71. The van der Waals surface area contributed by atoms with Crippen LogP contribution >= 0.6 is 0 Å². The van der Waals surface area contributed by atoms with Crippen LogP contribution < -0.4 is 5.73 Å². The van der Waals surface area contributed by atoms with Gasteiger partial charge in [-0.2, -0.15) is 0 Å². The second-order valence-electron chi connectivity index (χ2n) is 13.8. The van der Waals surface area contributed by atoms with E-state index in [0.29, 0.717) is 43.3 Å². The van der Waals surface area contributed by atoms with Crippen molar-refractivity contribution in [2.75, 3.05) is 26.2 Å². The first kappa shape index (κ1) is 29.8. The van der Waals surface area contributed by atoms with Gasteiger partial charge in [-0.05, 0) is 100.0 Å². The van der Waals surface area contributed by atoms with Crippen molar-refractivity contribution >= 4 is 17.9 Å². The number of aryl methyl sites for hydroxylation is 1. The van der Waals surface area contributed by atoms with Crippen molar-refractivity contribution in [3.63, 3.8) is 0 Å². The maximum atomic E-state index is 13.2. The van der Waals surface area contributed by atoms with Gasteiger partial charge in [0.15, 0.2) is 0 Å². The first-order chi connectivity index (χ1) is 20.9. The van der Waals surface area contributed by atoms with Crippen molar-refractivity contribution < 1.29 is 19.1 Å². The van der Waals surface area contributed by atoms with Crippen LogP contribution in [-0.4, -0.2) is 74.3 Å². The summed E-state index contributed by atoms with van der Waals surface area (Å²) in [5.41, 5.74) is 9.78. The van der Waals surface area contributed by atoms with E-state index in [-0.39, 0.29) is 23.7 Å². The highest BCUT2D eigenvalue weighted by atomic mass is 16.6. The van der Waals surface area contributed by atoms with Crippen LogP contribution in [0.1, 0.15) is 85.5 Å². The third-order valence-corrected chi connectivity index (χ3v) is 9.34. The number of benzene rings is 2. The molecule has 6 rings (SSSR count). The Morgan fingerprint density at radius 3 is 2.00 bits per heavy atom. The number of aromatic nitrogens is 3. The van der Waals surface area contributed by atoms with Crippen molar-refractivity contribution in [1.82, 2.24) is 24.6 Å². The van der Waals surface area contributed by atoms with Crippen LogP contribution in [0.3, 0.4) is 0 Å². The van der Waals surface area contributed by atoms with Gasteiger partial charge in [0.05, 0.1) is 5.69 Å². The molecule has 2 saturated carbocycles. The van der Waals surface area contributed by atoms with Crippen molar-refractivity contribution in [2.24, 2.45) is 17.1 Å². The number of primary amides is 1. The third kappa shape index (κ3) is 6.21. The number of nitrogens with two attached hydrogens (primary N) is 1. The van der Waals surface area contributed by atoms with E-state index >= 15 is 0 Å². The smallest absolute Gasteiger partial charge is 0.410 e. The summed E-state index contributed by atoms with van der Waals surface area (Å²) in [5, 5.41) is 4.20. The zero-order chi connectivity index (χ0) is 31.2. The fraction of sp³-hybridized carbons (Fsp3) is 0.500. The van der Waals surface area contributed by atoms with E-state index in [9.17, 15) is 14.4 Å². The number of carbonyl (C=O) groups is 3. The summed E-state index contributed by atoms with van der Waals surface area (Å²) < 4.78 is 7.10. The summed E-state index contributed by atoms with van der Waals surface area (Å²) in [6, 6.07) is 17.1. The largest absolute Gasteiger partial charge is 0.444 e. The van der Waals surface area contributed by atoms with Crippen LogP contribution in [0.4, 0.5) is 4.79 Å². The number of rotatable bonds is 6. The highest BCUT2D eigenvalue weighted by Crippen LogP contribution is 2.64. The average molecular weight is 599 g/mol. The fourth-order valence-corrected chi connectivity index (χ4v) is 7.05. The minimum atomic E-state index is -0.639. The Balaban J connectivity index is 0.949. The van der Waals surface area contributed by atoms with Crippen LogP contribution in [0.2, 0.25) is 0 Å². The van der Waals surface area contributed by atoms with E-state index in [1.54, 1.807) is 16.5 Å². The van der Waals surface area contributed by atoms with Gasteiger partial charge in [-0.25, -0.2) is 14.5 Å². The van der Waals surface area contributed by atoms with Crippen molar-refractivity contribution in [2.45, 2.75) is 71.3 Å². The van der Waals surface area contributed by atoms with Gasteiger partial charge in [-0.15, -0.1) is 5.10 Å². The SMILES string of the molecule is Cc1nc(C(N)=O)nn1-c1ccc(Cc2ccc(C3CC4(CC(C(=O)N5CCN(C(=O)OC(C)(C)C)CC5)C4)C3)cc2)cc1. The molecule has 0 radical (unpaired) electrons. The molecule has 3 aliphatic rings. The molecular weight excluding hydrogens is 556 g/mol. The molecule has 2 aromatic carbocycles. The van der Waals surface area contributed by atoms with E-state index in [1.807, 2.05) is 37.8 Å². The number of piperazine rings is 1.